The van der Waals surface area contributed by atoms with Gasteiger partial charge in [0.2, 0.25) is 0 Å². The van der Waals surface area contributed by atoms with Crippen LogP contribution in [0.4, 0.5) is 4.39 Å². The van der Waals surface area contributed by atoms with Gasteiger partial charge in [0.05, 0.1) is 0 Å². The van der Waals surface area contributed by atoms with Gasteiger partial charge in [0, 0.05) is 12.5 Å². The van der Waals surface area contributed by atoms with Gasteiger partial charge in [-0.05, 0) is 31.5 Å². The summed E-state index contributed by atoms with van der Waals surface area (Å²) < 4.78 is 19.2. The third kappa shape index (κ3) is 2.53. The monoisotopic (exact) mass is 223 g/mol. The molecule has 0 radical (unpaired) electrons. The van der Waals surface area contributed by atoms with E-state index in [1.54, 1.807) is 18.2 Å². The van der Waals surface area contributed by atoms with E-state index in [1.807, 2.05) is 0 Å². The van der Waals surface area contributed by atoms with Crippen molar-refractivity contribution in [3.8, 4) is 5.75 Å². The molecule has 1 aromatic carbocycles. The highest BCUT2D eigenvalue weighted by Gasteiger charge is 2.25. The van der Waals surface area contributed by atoms with Gasteiger partial charge < -0.3 is 10.1 Å². The summed E-state index contributed by atoms with van der Waals surface area (Å²) >= 11 is 0. The second-order valence-electron chi connectivity index (χ2n) is 4.25. The first-order chi connectivity index (χ1) is 7.81. The number of halogens is 1. The summed E-state index contributed by atoms with van der Waals surface area (Å²) in [5.74, 6) is 0.609. The van der Waals surface area contributed by atoms with Gasteiger partial charge in [0.25, 0.3) is 0 Å². The summed E-state index contributed by atoms with van der Waals surface area (Å²) in [4.78, 5) is 0. The second-order valence-corrected chi connectivity index (χ2v) is 4.25. The van der Waals surface area contributed by atoms with E-state index in [-0.39, 0.29) is 11.9 Å². The summed E-state index contributed by atoms with van der Waals surface area (Å²) in [6.07, 6.45) is 2.15. The summed E-state index contributed by atoms with van der Waals surface area (Å²) in [5, 5.41) is 3.31. The number of benzene rings is 1. The standard InChI is InChI=1S/C13H18FNO/c1-2-12(10-7-8-15-9-10)16-13-6-4-3-5-11(13)14/h3-6,10,12,15H,2,7-9H2,1H3/t10-,12-/m0/s1. The van der Waals surface area contributed by atoms with Gasteiger partial charge >= 0.3 is 0 Å². The largest absolute Gasteiger partial charge is 0.487 e. The molecule has 2 atom stereocenters. The van der Waals surface area contributed by atoms with Crippen molar-refractivity contribution < 1.29 is 9.13 Å². The van der Waals surface area contributed by atoms with Gasteiger partial charge in [-0.3, -0.25) is 0 Å². The minimum absolute atomic E-state index is 0.117. The van der Waals surface area contributed by atoms with Gasteiger partial charge in [-0.25, -0.2) is 4.39 Å². The third-order valence-corrected chi connectivity index (χ3v) is 3.14. The Kier molecular flexibility index (Phi) is 3.78. The van der Waals surface area contributed by atoms with Gasteiger partial charge in [-0.1, -0.05) is 19.1 Å². The number of para-hydroxylation sites is 1. The van der Waals surface area contributed by atoms with Crippen molar-refractivity contribution in [3.63, 3.8) is 0 Å². The second kappa shape index (κ2) is 5.30. The lowest BCUT2D eigenvalue weighted by atomic mass is 9.99. The first-order valence-electron chi connectivity index (χ1n) is 5.93. The molecule has 0 aromatic heterocycles. The number of ether oxygens (including phenoxy) is 1. The molecule has 0 aliphatic carbocycles. The zero-order chi connectivity index (χ0) is 11.4. The summed E-state index contributed by atoms with van der Waals surface area (Å²) in [6.45, 7) is 4.11. The molecule has 1 saturated heterocycles. The van der Waals surface area contributed by atoms with Crippen molar-refractivity contribution in [2.24, 2.45) is 5.92 Å². The fourth-order valence-corrected chi connectivity index (χ4v) is 2.21. The third-order valence-electron chi connectivity index (χ3n) is 3.14. The molecule has 2 rings (SSSR count). The van der Waals surface area contributed by atoms with Crippen molar-refractivity contribution in [1.82, 2.24) is 5.32 Å². The van der Waals surface area contributed by atoms with Crippen LogP contribution in [-0.2, 0) is 0 Å². The molecule has 1 heterocycles. The Morgan fingerprint density at radius 2 is 2.31 bits per heavy atom. The minimum atomic E-state index is -0.271. The fourth-order valence-electron chi connectivity index (χ4n) is 2.21. The molecule has 1 aromatic rings. The predicted molar refractivity (Wildman–Crippen MR) is 62.1 cm³/mol. The first-order valence-corrected chi connectivity index (χ1v) is 5.93. The van der Waals surface area contributed by atoms with Crippen LogP contribution in [0.25, 0.3) is 0 Å². The highest BCUT2D eigenvalue weighted by Crippen LogP contribution is 2.24. The lowest BCUT2D eigenvalue weighted by Gasteiger charge is -2.23. The summed E-state index contributed by atoms with van der Waals surface area (Å²) in [5.41, 5.74) is 0. The molecular formula is C13H18FNO. The quantitative estimate of drug-likeness (QED) is 0.847. The Balaban J connectivity index is 2.03. The Morgan fingerprint density at radius 1 is 1.50 bits per heavy atom. The number of hydrogen-bond acceptors (Lipinski definition) is 2. The van der Waals surface area contributed by atoms with Crippen LogP contribution in [0.3, 0.4) is 0 Å². The lowest BCUT2D eigenvalue weighted by molar-refractivity contribution is 0.132. The van der Waals surface area contributed by atoms with Crippen LogP contribution in [0, 0.1) is 11.7 Å². The molecule has 88 valence electrons. The van der Waals surface area contributed by atoms with Crippen molar-refractivity contribution >= 4 is 0 Å². The lowest BCUT2D eigenvalue weighted by Crippen LogP contribution is -2.28. The van der Waals surface area contributed by atoms with E-state index in [9.17, 15) is 4.39 Å². The number of rotatable bonds is 4. The molecule has 16 heavy (non-hydrogen) atoms. The maximum Gasteiger partial charge on any atom is 0.165 e. The van der Waals surface area contributed by atoms with E-state index in [1.165, 1.54) is 6.07 Å². The predicted octanol–water partition coefficient (Wildman–Crippen LogP) is 2.59. The Hall–Kier alpha value is -1.09. The average molecular weight is 223 g/mol. The molecular weight excluding hydrogens is 205 g/mol. The molecule has 1 N–H and O–H groups in total. The molecule has 0 unspecified atom stereocenters. The SMILES string of the molecule is CC[C@H](Oc1ccccc1F)[C@H]1CCNC1. The van der Waals surface area contributed by atoms with Crippen LogP contribution < -0.4 is 10.1 Å². The van der Waals surface area contributed by atoms with Gasteiger partial charge in [0.15, 0.2) is 11.6 Å². The van der Waals surface area contributed by atoms with Gasteiger partial charge in [-0.2, -0.15) is 0 Å². The van der Waals surface area contributed by atoms with Crippen molar-refractivity contribution in [2.75, 3.05) is 13.1 Å². The van der Waals surface area contributed by atoms with Crippen LogP contribution in [0.2, 0.25) is 0 Å². The van der Waals surface area contributed by atoms with E-state index < -0.39 is 0 Å². The fraction of sp³-hybridized carbons (Fsp3) is 0.538. The molecule has 0 bridgehead atoms. The zero-order valence-electron chi connectivity index (χ0n) is 9.58. The Labute approximate surface area is 95.8 Å². The van der Waals surface area contributed by atoms with E-state index in [4.69, 9.17) is 4.74 Å². The zero-order valence-corrected chi connectivity index (χ0v) is 9.58. The van der Waals surface area contributed by atoms with E-state index >= 15 is 0 Å². The Morgan fingerprint density at radius 3 is 2.94 bits per heavy atom. The molecule has 3 heteroatoms. The number of hydrogen-bond donors (Lipinski definition) is 1. The maximum atomic E-state index is 13.4. The summed E-state index contributed by atoms with van der Waals surface area (Å²) in [7, 11) is 0. The molecule has 0 spiro atoms. The maximum absolute atomic E-state index is 13.4. The van der Waals surface area contributed by atoms with E-state index in [0.717, 1.165) is 25.9 Å². The molecule has 0 saturated carbocycles. The van der Waals surface area contributed by atoms with Crippen molar-refractivity contribution in [2.45, 2.75) is 25.9 Å². The van der Waals surface area contributed by atoms with E-state index in [0.29, 0.717) is 11.7 Å². The van der Waals surface area contributed by atoms with Crippen molar-refractivity contribution in [3.05, 3.63) is 30.1 Å². The first kappa shape index (κ1) is 11.4. The van der Waals surface area contributed by atoms with E-state index in [2.05, 4.69) is 12.2 Å². The Bertz CT molecular complexity index is 336. The van der Waals surface area contributed by atoms with Crippen molar-refractivity contribution in [1.29, 1.82) is 0 Å². The molecule has 1 aliphatic rings. The molecule has 0 amide bonds. The summed E-state index contributed by atoms with van der Waals surface area (Å²) in [6, 6.07) is 6.62. The van der Waals surface area contributed by atoms with Crippen LogP contribution in [0.5, 0.6) is 5.75 Å². The topological polar surface area (TPSA) is 21.3 Å². The molecule has 1 fully saturated rings. The number of nitrogens with one attached hydrogen (secondary N) is 1. The molecule has 2 nitrogen and oxygen atoms in total. The smallest absolute Gasteiger partial charge is 0.165 e. The van der Waals surface area contributed by atoms with Crippen LogP contribution in [0.1, 0.15) is 19.8 Å². The highest BCUT2D eigenvalue weighted by molar-refractivity contribution is 5.24. The minimum Gasteiger partial charge on any atom is -0.487 e. The van der Waals surface area contributed by atoms with Gasteiger partial charge in [-0.15, -0.1) is 0 Å². The average Bonchev–Trinajstić information content (AvgIpc) is 2.81. The van der Waals surface area contributed by atoms with Crippen LogP contribution >= 0.6 is 0 Å². The molecule has 1 aliphatic heterocycles. The van der Waals surface area contributed by atoms with Crippen LogP contribution in [0.15, 0.2) is 24.3 Å². The van der Waals surface area contributed by atoms with Gasteiger partial charge in [0.1, 0.15) is 6.10 Å². The normalized spacial score (nSPS) is 22.0. The van der Waals surface area contributed by atoms with Crippen LogP contribution in [-0.4, -0.2) is 19.2 Å². The highest BCUT2D eigenvalue weighted by atomic mass is 19.1.